The number of rotatable bonds is 11. The average Bonchev–Trinajstić information content (AvgIpc) is 2.70. The molecule has 2 unspecified atom stereocenters. The van der Waals surface area contributed by atoms with E-state index in [4.69, 9.17) is 19.9 Å². The lowest BCUT2D eigenvalue weighted by Gasteiger charge is -2.40. The van der Waals surface area contributed by atoms with Crippen LogP contribution in [0.5, 0.6) is 0 Å². The van der Waals surface area contributed by atoms with Gasteiger partial charge in [0.2, 0.25) is 11.8 Å². The summed E-state index contributed by atoms with van der Waals surface area (Å²) >= 11 is 0. The van der Waals surface area contributed by atoms with Crippen LogP contribution in [-0.4, -0.2) is 81.0 Å². The summed E-state index contributed by atoms with van der Waals surface area (Å²) in [6.45, 7) is 15.1. The van der Waals surface area contributed by atoms with Crippen LogP contribution in [0, 0.1) is 0 Å². The molecule has 0 aromatic heterocycles. The summed E-state index contributed by atoms with van der Waals surface area (Å²) in [7, 11) is 0. The van der Waals surface area contributed by atoms with Gasteiger partial charge in [-0.3, -0.25) is 14.4 Å². The molecule has 39 heavy (non-hydrogen) atoms. The van der Waals surface area contributed by atoms with E-state index >= 15 is 0 Å². The SMILES string of the molecule is CC(C)(C)OC(=O)CCC(C(=O)OC(C)(C)C)N1C(=O)CC(=O)N(C(CCCCN)C(=O)OC(C)(C)C)C1=O. The van der Waals surface area contributed by atoms with Crippen molar-refractivity contribution in [1.29, 1.82) is 0 Å². The lowest BCUT2D eigenvalue weighted by molar-refractivity contribution is -0.170. The van der Waals surface area contributed by atoms with Crippen molar-refractivity contribution < 1.29 is 43.0 Å². The van der Waals surface area contributed by atoms with Crippen molar-refractivity contribution >= 4 is 35.8 Å². The molecule has 222 valence electrons. The highest BCUT2D eigenvalue weighted by Gasteiger charge is 2.49. The van der Waals surface area contributed by atoms with E-state index in [1.807, 2.05) is 0 Å². The third-order valence-electron chi connectivity index (χ3n) is 5.21. The summed E-state index contributed by atoms with van der Waals surface area (Å²) in [6, 6.07) is -4.02. The molecular weight excluding hydrogens is 510 g/mol. The van der Waals surface area contributed by atoms with Gasteiger partial charge in [-0.25, -0.2) is 24.2 Å². The third-order valence-corrected chi connectivity index (χ3v) is 5.21. The highest BCUT2D eigenvalue weighted by molar-refractivity contribution is 6.16. The predicted octanol–water partition coefficient (Wildman–Crippen LogP) is 2.84. The number of hydrogen-bond acceptors (Lipinski definition) is 10. The Bertz CT molecular complexity index is 942. The van der Waals surface area contributed by atoms with Crippen molar-refractivity contribution in [3.8, 4) is 0 Å². The highest BCUT2D eigenvalue weighted by atomic mass is 16.6. The van der Waals surface area contributed by atoms with Crippen molar-refractivity contribution in [3.05, 3.63) is 0 Å². The van der Waals surface area contributed by atoms with Gasteiger partial charge in [-0.05, 0) is 94.5 Å². The maximum Gasteiger partial charge on any atom is 0.335 e. The number of carbonyl (C=O) groups is 6. The second kappa shape index (κ2) is 13.4. The number of hydrogen-bond donors (Lipinski definition) is 1. The van der Waals surface area contributed by atoms with E-state index in [1.165, 1.54) is 0 Å². The predicted molar refractivity (Wildman–Crippen MR) is 141 cm³/mol. The Kier molecular flexibility index (Phi) is 11.7. The summed E-state index contributed by atoms with van der Waals surface area (Å²) in [6.07, 6.45) is -0.381. The maximum atomic E-state index is 13.7. The van der Waals surface area contributed by atoms with Crippen molar-refractivity contribution in [2.75, 3.05) is 6.54 Å². The fourth-order valence-electron chi connectivity index (χ4n) is 3.82. The molecule has 1 saturated heterocycles. The molecule has 0 aromatic carbocycles. The van der Waals surface area contributed by atoms with Crippen LogP contribution in [0.15, 0.2) is 0 Å². The lowest BCUT2D eigenvalue weighted by Crippen LogP contribution is -2.64. The standard InChI is InChI=1S/C27H45N3O9/c1-25(2,3)37-21(33)14-13-18(23(35)39-27(7,8)9)30-20(32)16-19(31)29(24(30)36)17(12-10-11-15-28)22(34)38-26(4,5)6/h17-18H,10-16,28H2,1-9H3. The summed E-state index contributed by atoms with van der Waals surface area (Å²) in [4.78, 5) is 79.8. The molecule has 4 amide bonds. The molecule has 1 aliphatic heterocycles. The number of urea groups is 1. The van der Waals surface area contributed by atoms with Gasteiger partial charge >= 0.3 is 23.9 Å². The highest BCUT2D eigenvalue weighted by Crippen LogP contribution is 2.26. The van der Waals surface area contributed by atoms with Crippen LogP contribution < -0.4 is 5.73 Å². The second-order valence-electron chi connectivity index (χ2n) is 12.5. The lowest BCUT2D eigenvalue weighted by atomic mass is 10.0. The van der Waals surface area contributed by atoms with E-state index in [0.717, 1.165) is 0 Å². The molecule has 12 heteroatoms. The molecule has 0 saturated carbocycles. The maximum absolute atomic E-state index is 13.7. The van der Waals surface area contributed by atoms with Crippen molar-refractivity contribution in [2.45, 2.75) is 130 Å². The molecule has 0 radical (unpaired) electrons. The Morgan fingerprint density at radius 1 is 0.718 bits per heavy atom. The number of unbranched alkanes of at least 4 members (excludes halogenated alkanes) is 1. The summed E-state index contributed by atoms with van der Waals surface area (Å²) in [5.74, 6) is -4.22. The van der Waals surface area contributed by atoms with Gasteiger partial charge in [0.15, 0.2) is 0 Å². The van der Waals surface area contributed by atoms with Crippen molar-refractivity contribution in [1.82, 2.24) is 9.80 Å². The minimum atomic E-state index is -1.53. The Hall–Kier alpha value is -3.02. The van der Waals surface area contributed by atoms with E-state index < -0.39 is 71.1 Å². The fraction of sp³-hybridized carbons (Fsp3) is 0.778. The van der Waals surface area contributed by atoms with Gasteiger partial charge in [0.25, 0.3) is 0 Å². The van der Waals surface area contributed by atoms with E-state index in [1.54, 1.807) is 62.3 Å². The zero-order valence-electron chi connectivity index (χ0n) is 24.8. The Balaban J connectivity index is 3.44. The zero-order valence-corrected chi connectivity index (χ0v) is 24.8. The molecule has 1 heterocycles. The number of imide groups is 2. The Morgan fingerprint density at radius 3 is 1.51 bits per heavy atom. The first kappa shape index (κ1) is 34.0. The number of nitrogens with two attached hydrogens (primary N) is 1. The fourth-order valence-corrected chi connectivity index (χ4v) is 3.82. The second-order valence-corrected chi connectivity index (χ2v) is 12.5. The average molecular weight is 556 g/mol. The van der Waals surface area contributed by atoms with E-state index in [-0.39, 0.29) is 19.3 Å². The molecule has 1 rings (SSSR count). The first-order chi connectivity index (χ1) is 17.7. The minimum Gasteiger partial charge on any atom is -0.460 e. The van der Waals surface area contributed by atoms with Gasteiger partial charge in [0.1, 0.15) is 35.3 Å². The number of esters is 3. The molecule has 1 fully saturated rings. The largest absolute Gasteiger partial charge is 0.460 e. The number of barbiturate groups is 1. The summed E-state index contributed by atoms with van der Waals surface area (Å²) in [5, 5.41) is 0. The number of nitrogens with zero attached hydrogens (tertiary/aromatic N) is 2. The van der Waals surface area contributed by atoms with Crippen LogP contribution >= 0.6 is 0 Å². The zero-order chi connectivity index (χ0) is 30.3. The van der Waals surface area contributed by atoms with Crippen LogP contribution in [0.25, 0.3) is 0 Å². The Morgan fingerprint density at radius 2 is 1.13 bits per heavy atom. The summed E-state index contributed by atoms with van der Waals surface area (Å²) in [5.41, 5.74) is 2.91. The van der Waals surface area contributed by atoms with Crippen LogP contribution in [0.2, 0.25) is 0 Å². The molecule has 2 atom stereocenters. The van der Waals surface area contributed by atoms with Crippen LogP contribution in [0.1, 0.15) is 101 Å². The van der Waals surface area contributed by atoms with Crippen molar-refractivity contribution in [2.24, 2.45) is 5.73 Å². The van der Waals surface area contributed by atoms with E-state index in [9.17, 15) is 28.8 Å². The normalized spacial score (nSPS) is 16.6. The molecule has 0 aliphatic carbocycles. The molecule has 12 nitrogen and oxygen atoms in total. The van der Waals surface area contributed by atoms with Gasteiger partial charge < -0.3 is 19.9 Å². The van der Waals surface area contributed by atoms with Crippen LogP contribution in [0.4, 0.5) is 4.79 Å². The minimum absolute atomic E-state index is 0.0562. The van der Waals surface area contributed by atoms with Gasteiger partial charge in [0.05, 0.1) is 0 Å². The monoisotopic (exact) mass is 555 g/mol. The first-order valence-corrected chi connectivity index (χ1v) is 13.2. The molecule has 0 bridgehead atoms. The van der Waals surface area contributed by atoms with Crippen LogP contribution in [0.3, 0.4) is 0 Å². The van der Waals surface area contributed by atoms with E-state index in [2.05, 4.69) is 0 Å². The molecular formula is C27H45N3O9. The van der Waals surface area contributed by atoms with Gasteiger partial charge in [-0.15, -0.1) is 0 Å². The third kappa shape index (κ3) is 11.3. The molecule has 1 aliphatic rings. The molecule has 0 spiro atoms. The molecule has 0 aromatic rings. The quantitative estimate of drug-likeness (QED) is 0.174. The van der Waals surface area contributed by atoms with E-state index in [0.29, 0.717) is 29.2 Å². The number of carbonyl (C=O) groups excluding carboxylic acids is 6. The smallest absolute Gasteiger partial charge is 0.335 e. The molecule has 2 N–H and O–H groups in total. The summed E-state index contributed by atoms with van der Waals surface area (Å²) < 4.78 is 16.2. The van der Waals surface area contributed by atoms with Gasteiger partial charge in [0, 0.05) is 6.42 Å². The first-order valence-electron chi connectivity index (χ1n) is 13.2. The number of ether oxygens (including phenoxy) is 3. The topological polar surface area (TPSA) is 163 Å². The van der Waals surface area contributed by atoms with Gasteiger partial charge in [-0.1, -0.05) is 0 Å². The number of amides is 4. The Labute approximate surface area is 230 Å². The van der Waals surface area contributed by atoms with Crippen molar-refractivity contribution in [3.63, 3.8) is 0 Å². The van der Waals surface area contributed by atoms with Gasteiger partial charge in [-0.2, -0.15) is 0 Å². The van der Waals surface area contributed by atoms with Crippen LogP contribution in [-0.2, 0) is 38.2 Å².